The molecule has 0 radical (unpaired) electrons. The summed E-state index contributed by atoms with van der Waals surface area (Å²) in [7, 11) is 0. The molecule has 48 nitrogen and oxygen atoms in total. The Hall–Kier alpha value is -14.8. The van der Waals surface area contributed by atoms with Crippen LogP contribution in [-0.2, 0) is 219 Å². The lowest BCUT2D eigenvalue weighted by Crippen LogP contribution is -2.46. The van der Waals surface area contributed by atoms with Gasteiger partial charge in [0.05, 0.1) is 59.2 Å². The van der Waals surface area contributed by atoms with Gasteiger partial charge < -0.3 is 114 Å². The van der Waals surface area contributed by atoms with Gasteiger partial charge in [-0.3, -0.25) is 47.9 Å². The zero-order chi connectivity index (χ0) is 111. The van der Waals surface area contributed by atoms with Crippen LogP contribution < -0.4 is 0 Å². The van der Waals surface area contributed by atoms with Gasteiger partial charge >= 0.3 is 143 Å². The second kappa shape index (κ2) is 52.4. The van der Waals surface area contributed by atoms with E-state index in [-0.39, 0.29) is 125 Å². The summed E-state index contributed by atoms with van der Waals surface area (Å²) in [5, 5.41) is 18.2. The highest BCUT2D eigenvalue weighted by Crippen LogP contribution is 2.49. The smallest absolute Gasteiger partial charge is 0.344 e. The molecule has 26 unspecified atom stereocenters. The van der Waals surface area contributed by atoms with E-state index in [1.807, 2.05) is 0 Å². The van der Waals surface area contributed by atoms with Crippen LogP contribution >= 0.6 is 0 Å². The van der Waals surface area contributed by atoms with Gasteiger partial charge in [-0.05, 0) is 145 Å². The molecule has 8 aliphatic carbocycles. The minimum atomic E-state index is -1.08. The maximum atomic E-state index is 11.7. The van der Waals surface area contributed by atoms with Crippen LogP contribution in [0.4, 0.5) is 0 Å². The zero-order valence-corrected chi connectivity index (χ0v) is 84.1. The number of esters is 22. The highest BCUT2D eigenvalue weighted by Gasteiger charge is 2.60. The van der Waals surface area contributed by atoms with Crippen molar-refractivity contribution in [3.63, 3.8) is 0 Å². The highest BCUT2D eigenvalue weighted by atomic mass is 16.7. The van der Waals surface area contributed by atoms with E-state index in [2.05, 4.69) is 71.6 Å². The molecule has 0 aromatic carbocycles. The normalized spacial score (nSPS) is 31.7. The van der Waals surface area contributed by atoms with Crippen molar-refractivity contribution >= 4 is 143 Å². The van der Waals surface area contributed by atoms with Crippen molar-refractivity contribution in [3.05, 3.63) is 99.2 Å². The number of carboxylic acids is 2. The minimum Gasteiger partial charge on any atom is -0.481 e. The zero-order valence-electron chi connectivity index (χ0n) is 84.1. The molecule has 16 bridgehead atoms. The van der Waals surface area contributed by atoms with Crippen LogP contribution in [0.1, 0.15) is 197 Å². The number of fused-ring (bicyclic) bond motifs is 16. The second-order valence-electron chi connectivity index (χ2n) is 39.2. The summed E-state index contributed by atoms with van der Waals surface area (Å²) < 4.78 is 111. The molecule has 16 rings (SSSR count). The van der Waals surface area contributed by atoms with Gasteiger partial charge in [-0.15, -0.1) is 0 Å². The van der Waals surface area contributed by atoms with E-state index in [4.69, 9.17) is 95.5 Å². The first-order valence-corrected chi connectivity index (χ1v) is 48.4. The molecule has 16 fully saturated rings. The molecule has 48 heteroatoms. The van der Waals surface area contributed by atoms with Gasteiger partial charge in [-0.25, -0.2) is 67.1 Å². The molecule has 8 aliphatic heterocycles. The highest BCUT2D eigenvalue weighted by molar-refractivity contribution is 5.92. The first-order chi connectivity index (χ1) is 70.5. The topological polar surface area (TPSA) is 653 Å². The van der Waals surface area contributed by atoms with Crippen LogP contribution in [0.5, 0.6) is 0 Å². The Morgan fingerprint density at radius 2 is 0.593 bits per heavy atom. The van der Waals surface area contributed by atoms with E-state index >= 15 is 0 Å². The summed E-state index contributed by atoms with van der Waals surface area (Å²) in [6.45, 7) is 36.8. The fraction of sp³-hybridized carbons (Fsp3) is 0.608. The number of hydrogen-bond acceptors (Lipinski definition) is 46. The lowest BCUT2D eigenvalue weighted by molar-refractivity contribution is -0.182. The molecule has 820 valence electrons. The summed E-state index contributed by atoms with van der Waals surface area (Å²) in [6.07, 6.45) is 9.41. The van der Waals surface area contributed by atoms with Gasteiger partial charge in [-0.1, -0.05) is 52.6 Å². The molecular formula is C102H124O48. The van der Waals surface area contributed by atoms with Crippen LogP contribution in [0.15, 0.2) is 99.2 Å². The lowest BCUT2D eigenvalue weighted by atomic mass is 9.79. The largest absolute Gasteiger partial charge is 0.481 e. The van der Waals surface area contributed by atoms with Crippen molar-refractivity contribution in [1.82, 2.24) is 0 Å². The van der Waals surface area contributed by atoms with Gasteiger partial charge in [-0.2, -0.15) is 0 Å². The molecule has 8 heterocycles. The molecule has 0 aromatic heterocycles. The van der Waals surface area contributed by atoms with Crippen LogP contribution in [0.25, 0.3) is 0 Å². The molecule has 8 saturated heterocycles. The third-order valence-electron chi connectivity index (χ3n) is 27.5. The Labute approximate surface area is 859 Å². The fourth-order valence-electron chi connectivity index (χ4n) is 19.4. The average molecular weight is 2120 g/mol. The quantitative estimate of drug-likeness (QED) is 0.0510. The summed E-state index contributed by atoms with van der Waals surface area (Å²) in [6, 6.07) is 0. The SMILES string of the molecule is C=C(C)C(=O)OC1C2CC(CC1C(=O)O)C(=O)O2.C=C(C)C(=O)OCC(=O)OC1(C)CCC2CC1OC2=O.C=C(C)C(=O)OCC(=O)OC1CCC2CC1(C)OC2=O.C=C(C)C(=O)OCC(=O)OC1CCC2CC1OC2=O.C=CC(=O)OC1C2CC(CC1C(=O)O)C(=O)O2.C=CC(=O)OCC(=O)OC1(C)CCC2CC1OC2=O.C=CC(=O)OCC(=O)OC1CCC2CC1(C)OC2=O.C=CC(=O)OCC(=O)OC1CCC2CC1OC2=O. The standard InChI is InChI=1S/2C14H18O6.3C13H16O6.2C12H14O6.C11H12O6/c1-8(2)12(16)18-7-11(15)20-14(3)5-4-9-6-10(14)19-13(9)17;1-8(2)12(16)18-7-11(15)19-10-5-4-9-6-14(10,3)20-13(9)17;1-7(2)12(15)17-6-11(14)18-9-4-3-8-5-10(9)19-13(8)16;1-3-10(14)17-7-11(15)19-13(2)5-4-8-6-9(13)18-12(8)16;1-3-10(14)17-7-11(15)18-9-5-4-8-6-13(9,2)19-12(8)16;1-5(2)11(15)18-9-7(10(13)14)3-6-4-8(9)17-12(6)16;1-2-10(13)16-6-11(14)17-8-4-3-7-5-9(8)18-12(7)15;1-2-8(12)17-9-6(10(13)14)3-5-4-7(9)16-11(5)15/h2*9-10H,1,4-7H2,2-3H3;8-10H,1,3-6H2,2H3;2*3,8-9H,1,4-7H2,2H3;6-9H,1,3-4H2,2H3,(H,13,14);2,7-9H,1,3-6H2;2,5-7,9H,1,3-4H2,(H,13,14). The van der Waals surface area contributed by atoms with E-state index < -0.39 is 248 Å². The Balaban J connectivity index is 0.000000190. The van der Waals surface area contributed by atoms with E-state index in [1.165, 1.54) is 27.7 Å². The number of carbonyl (C=O) groups excluding carboxylic acids is 22. The summed E-state index contributed by atoms with van der Waals surface area (Å²) in [5.74, 6) is -16.5. The molecule has 150 heavy (non-hydrogen) atoms. The van der Waals surface area contributed by atoms with Crippen LogP contribution in [0, 0.1) is 59.2 Å². The maximum absolute atomic E-state index is 11.7. The van der Waals surface area contributed by atoms with Gasteiger partial charge in [0.15, 0.2) is 51.8 Å². The summed E-state index contributed by atoms with van der Waals surface area (Å²) in [4.78, 5) is 272. The van der Waals surface area contributed by atoms with Crippen molar-refractivity contribution in [2.75, 3.05) is 39.6 Å². The number of aliphatic carboxylic acids is 2. The molecule has 8 saturated carbocycles. The third kappa shape index (κ3) is 32.1. The Bertz CT molecular complexity index is 5340. The number of carboxylic acid groups (broad SMARTS) is 2. The van der Waals surface area contributed by atoms with Gasteiger partial charge in [0.1, 0.15) is 83.4 Å². The molecule has 26 atom stereocenters. The van der Waals surface area contributed by atoms with Crippen molar-refractivity contribution in [2.45, 2.75) is 292 Å². The fourth-order valence-corrected chi connectivity index (χ4v) is 19.4. The number of rotatable bonds is 30. The van der Waals surface area contributed by atoms with Crippen LogP contribution in [0.2, 0.25) is 0 Å². The molecule has 0 aromatic rings. The molecule has 0 amide bonds. The van der Waals surface area contributed by atoms with Crippen LogP contribution in [0.3, 0.4) is 0 Å². The molecule has 0 spiro atoms. The van der Waals surface area contributed by atoms with Crippen molar-refractivity contribution in [1.29, 1.82) is 0 Å². The number of hydrogen-bond donors (Lipinski definition) is 2. The van der Waals surface area contributed by atoms with Crippen molar-refractivity contribution in [3.8, 4) is 0 Å². The Kier molecular flexibility index (Phi) is 41.5. The van der Waals surface area contributed by atoms with Gasteiger partial charge in [0, 0.05) is 98.0 Å². The third-order valence-corrected chi connectivity index (χ3v) is 27.5. The Morgan fingerprint density at radius 1 is 0.307 bits per heavy atom. The summed E-state index contributed by atoms with van der Waals surface area (Å²) >= 11 is 0. The average Bonchev–Trinajstić information content (AvgIpc) is 1.55. The predicted molar refractivity (Wildman–Crippen MR) is 494 cm³/mol. The van der Waals surface area contributed by atoms with Gasteiger partial charge in [0.2, 0.25) is 0 Å². The minimum absolute atomic E-state index is 0.0523. The van der Waals surface area contributed by atoms with E-state index in [9.17, 15) is 115 Å². The first kappa shape index (κ1) is 119. The van der Waals surface area contributed by atoms with E-state index in [1.54, 1.807) is 27.7 Å². The number of carbonyl (C=O) groups is 24. The van der Waals surface area contributed by atoms with Crippen molar-refractivity contribution < 1.29 is 229 Å². The van der Waals surface area contributed by atoms with E-state index in [0.29, 0.717) is 128 Å². The van der Waals surface area contributed by atoms with Gasteiger partial charge in [0.25, 0.3) is 0 Å². The Morgan fingerprint density at radius 3 is 0.933 bits per heavy atom. The molecule has 16 aliphatic rings. The first-order valence-electron chi connectivity index (χ1n) is 48.4. The number of ether oxygens (including phenoxy) is 22. The maximum Gasteiger partial charge on any atom is 0.344 e. The molecule has 2 N–H and O–H groups in total. The predicted octanol–water partition coefficient (Wildman–Crippen LogP) is 5.48. The molecular weight excluding hydrogens is 1990 g/mol. The monoisotopic (exact) mass is 2120 g/mol. The van der Waals surface area contributed by atoms with E-state index in [0.717, 1.165) is 24.3 Å². The van der Waals surface area contributed by atoms with Crippen LogP contribution in [-0.4, -0.2) is 289 Å². The second-order valence-corrected chi connectivity index (χ2v) is 39.2. The summed E-state index contributed by atoms with van der Waals surface area (Å²) in [5.41, 5.74) is -2.34. The lowest BCUT2D eigenvalue weighted by Gasteiger charge is -2.36. The van der Waals surface area contributed by atoms with Crippen molar-refractivity contribution in [2.24, 2.45) is 59.2 Å².